The van der Waals surface area contributed by atoms with Crippen LogP contribution in [-0.4, -0.2) is 11.9 Å². The Kier molecular flexibility index (Phi) is 4.63. The Labute approximate surface area is 119 Å². The van der Waals surface area contributed by atoms with Gasteiger partial charge in [0, 0.05) is 5.69 Å². The van der Waals surface area contributed by atoms with Crippen LogP contribution in [0.3, 0.4) is 0 Å². The first-order valence-electron chi connectivity index (χ1n) is 7.28. The van der Waals surface area contributed by atoms with E-state index in [1.54, 1.807) is 0 Å². The molecule has 0 aliphatic heterocycles. The molecular weight excluding hydrogens is 255 g/mol. The fourth-order valence-electron chi connectivity index (χ4n) is 3.20. The van der Waals surface area contributed by atoms with Gasteiger partial charge >= 0.3 is 0 Å². The number of amides is 1. The summed E-state index contributed by atoms with van der Waals surface area (Å²) in [5.74, 6) is 0.199. The van der Waals surface area contributed by atoms with Gasteiger partial charge in [0.15, 0.2) is 0 Å². The summed E-state index contributed by atoms with van der Waals surface area (Å²) in [6.07, 6.45) is 4.33. The van der Waals surface area contributed by atoms with E-state index in [0.29, 0.717) is 11.6 Å². The summed E-state index contributed by atoms with van der Waals surface area (Å²) in [7, 11) is 0. The standard InChI is InChI=1S/C16H23FN2O/c1-10-4-3-5-12(6-10)15(16(18)20)19-14-8-11(2)7-13(17)9-14/h7-10,12,15,19H,3-6H2,1-2H3,(H2,18,20). The Morgan fingerprint density at radius 3 is 2.75 bits per heavy atom. The van der Waals surface area contributed by atoms with E-state index in [1.807, 2.05) is 13.0 Å². The zero-order valence-electron chi connectivity index (χ0n) is 12.2. The van der Waals surface area contributed by atoms with Crippen molar-refractivity contribution in [1.82, 2.24) is 0 Å². The van der Waals surface area contributed by atoms with Crippen LogP contribution in [0.15, 0.2) is 18.2 Å². The quantitative estimate of drug-likeness (QED) is 0.888. The van der Waals surface area contributed by atoms with Gasteiger partial charge in [-0.3, -0.25) is 4.79 Å². The van der Waals surface area contributed by atoms with E-state index in [0.717, 1.165) is 24.8 Å². The average molecular weight is 278 g/mol. The number of nitrogens with one attached hydrogen (secondary N) is 1. The summed E-state index contributed by atoms with van der Waals surface area (Å²) in [4.78, 5) is 11.7. The summed E-state index contributed by atoms with van der Waals surface area (Å²) in [6.45, 7) is 4.03. The predicted molar refractivity (Wildman–Crippen MR) is 78.9 cm³/mol. The summed E-state index contributed by atoms with van der Waals surface area (Å²) >= 11 is 0. The Morgan fingerprint density at radius 1 is 1.40 bits per heavy atom. The molecular formula is C16H23FN2O. The van der Waals surface area contributed by atoms with E-state index in [1.165, 1.54) is 18.6 Å². The number of hydrogen-bond acceptors (Lipinski definition) is 2. The highest BCUT2D eigenvalue weighted by Gasteiger charge is 2.30. The van der Waals surface area contributed by atoms with Crippen molar-refractivity contribution in [2.45, 2.75) is 45.6 Å². The van der Waals surface area contributed by atoms with E-state index in [-0.39, 0.29) is 17.6 Å². The molecule has 20 heavy (non-hydrogen) atoms. The molecule has 1 aromatic rings. The lowest BCUT2D eigenvalue weighted by atomic mass is 9.78. The lowest BCUT2D eigenvalue weighted by Gasteiger charge is -2.32. The molecule has 0 bridgehead atoms. The molecule has 2 rings (SSSR count). The van der Waals surface area contributed by atoms with E-state index < -0.39 is 6.04 Å². The number of anilines is 1. The minimum absolute atomic E-state index is 0.236. The molecule has 110 valence electrons. The molecule has 0 saturated heterocycles. The molecule has 3 N–H and O–H groups in total. The zero-order valence-corrected chi connectivity index (χ0v) is 12.2. The van der Waals surface area contributed by atoms with Crippen LogP contribution in [-0.2, 0) is 4.79 Å². The first-order chi connectivity index (χ1) is 9.45. The van der Waals surface area contributed by atoms with Crippen molar-refractivity contribution in [3.05, 3.63) is 29.6 Å². The van der Waals surface area contributed by atoms with Crippen LogP contribution >= 0.6 is 0 Å². The summed E-state index contributed by atoms with van der Waals surface area (Å²) in [5.41, 5.74) is 7.00. The van der Waals surface area contributed by atoms with Crippen LogP contribution in [0.25, 0.3) is 0 Å². The number of hydrogen-bond donors (Lipinski definition) is 2. The van der Waals surface area contributed by atoms with E-state index in [9.17, 15) is 9.18 Å². The molecule has 0 spiro atoms. The lowest BCUT2D eigenvalue weighted by molar-refractivity contribution is -0.120. The van der Waals surface area contributed by atoms with Gasteiger partial charge < -0.3 is 11.1 Å². The third kappa shape index (κ3) is 3.71. The van der Waals surface area contributed by atoms with Gasteiger partial charge in [0.2, 0.25) is 5.91 Å². The molecule has 1 amide bonds. The topological polar surface area (TPSA) is 55.1 Å². The van der Waals surface area contributed by atoms with Gasteiger partial charge in [-0.1, -0.05) is 19.8 Å². The number of halogens is 1. The molecule has 1 aromatic carbocycles. The summed E-state index contributed by atoms with van der Waals surface area (Å²) in [6, 6.07) is 4.30. The van der Waals surface area contributed by atoms with Crippen LogP contribution in [0.1, 0.15) is 38.2 Å². The molecule has 3 nitrogen and oxygen atoms in total. The van der Waals surface area contributed by atoms with Crippen LogP contribution < -0.4 is 11.1 Å². The number of carbonyl (C=O) groups excluding carboxylic acids is 1. The molecule has 1 saturated carbocycles. The van der Waals surface area contributed by atoms with E-state index >= 15 is 0 Å². The Bertz CT molecular complexity index is 469. The van der Waals surface area contributed by atoms with E-state index in [2.05, 4.69) is 12.2 Å². The fraction of sp³-hybridized carbons (Fsp3) is 0.562. The highest BCUT2D eigenvalue weighted by atomic mass is 19.1. The summed E-state index contributed by atoms with van der Waals surface area (Å²) in [5, 5.41) is 3.14. The van der Waals surface area contributed by atoms with Crippen molar-refractivity contribution in [2.75, 3.05) is 5.32 Å². The lowest BCUT2D eigenvalue weighted by Crippen LogP contribution is -2.43. The van der Waals surface area contributed by atoms with Crippen molar-refractivity contribution in [2.24, 2.45) is 17.6 Å². The Morgan fingerprint density at radius 2 is 2.15 bits per heavy atom. The van der Waals surface area contributed by atoms with Crippen molar-refractivity contribution < 1.29 is 9.18 Å². The van der Waals surface area contributed by atoms with Crippen LogP contribution in [0, 0.1) is 24.6 Å². The molecule has 1 aliphatic carbocycles. The normalized spacial score (nSPS) is 24.1. The maximum Gasteiger partial charge on any atom is 0.240 e. The molecule has 1 fully saturated rings. The van der Waals surface area contributed by atoms with Crippen LogP contribution in [0.2, 0.25) is 0 Å². The molecule has 4 heteroatoms. The number of primary amides is 1. The minimum Gasteiger partial charge on any atom is -0.373 e. The van der Waals surface area contributed by atoms with Gasteiger partial charge in [0.05, 0.1) is 0 Å². The number of nitrogens with two attached hydrogens (primary N) is 1. The number of aryl methyl sites for hydroxylation is 1. The van der Waals surface area contributed by atoms with Crippen molar-refractivity contribution in [3.63, 3.8) is 0 Å². The SMILES string of the molecule is Cc1cc(F)cc(NC(C(N)=O)C2CCCC(C)C2)c1. The van der Waals surface area contributed by atoms with Gasteiger partial charge in [0.25, 0.3) is 0 Å². The second-order valence-electron chi connectivity index (χ2n) is 6.07. The zero-order chi connectivity index (χ0) is 14.7. The number of benzene rings is 1. The largest absolute Gasteiger partial charge is 0.373 e. The summed E-state index contributed by atoms with van der Waals surface area (Å²) < 4.78 is 13.4. The van der Waals surface area contributed by atoms with Crippen molar-refractivity contribution in [1.29, 1.82) is 0 Å². The van der Waals surface area contributed by atoms with Gasteiger partial charge in [-0.25, -0.2) is 4.39 Å². The van der Waals surface area contributed by atoms with Gasteiger partial charge in [-0.15, -0.1) is 0 Å². The first-order valence-corrected chi connectivity index (χ1v) is 7.28. The molecule has 3 atom stereocenters. The van der Waals surface area contributed by atoms with E-state index in [4.69, 9.17) is 5.73 Å². The third-order valence-electron chi connectivity index (χ3n) is 4.12. The number of carbonyl (C=O) groups is 1. The molecule has 0 radical (unpaired) electrons. The van der Waals surface area contributed by atoms with Crippen molar-refractivity contribution in [3.8, 4) is 0 Å². The molecule has 1 aliphatic rings. The monoisotopic (exact) mass is 278 g/mol. The Hall–Kier alpha value is -1.58. The van der Waals surface area contributed by atoms with Crippen LogP contribution in [0.4, 0.5) is 10.1 Å². The minimum atomic E-state index is -0.418. The smallest absolute Gasteiger partial charge is 0.240 e. The second-order valence-corrected chi connectivity index (χ2v) is 6.07. The highest BCUT2D eigenvalue weighted by molar-refractivity contribution is 5.83. The molecule has 0 heterocycles. The average Bonchev–Trinajstić information content (AvgIpc) is 2.34. The molecule has 0 aromatic heterocycles. The maximum absolute atomic E-state index is 13.4. The molecule has 3 unspecified atom stereocenters. The highest BCUT2D eigenvalue weighted by Crippen LogP contribution is 2.32. The first kappa shape index (κ1) is 14.8. The predicted octanol–water partition coefficient (Wildman–Crippen LogP) is 3.23. The van der Waals surface area contributed by atoms with Crippen LogP contribution in [0.5, 0.6) is 0 Å². The second kappa shape index (κ2) is 6.25. The van der Waals surface area contributed by atoms with Gasteiger partial charge in [-0.2, -0.15) is 0 Å². The number of rotatable bonds is 4. The van der Waals surface area contributed by atoms with Crippen molar-refractivity contribution >= 4 is 11.6 Å². The fourth-order valence-corrected chi connectivity index (χ4v) is 3.20. The van der Waals surface area contributed by atoms with Gasteiger partial charge in [-0.05, 0) is 55.4 Å². The van der Waals surface area contributed by atoms with Gasteiger partial charge in [0.1, 0.15) is 11.9 Å². The third-order valence-corrected chi connectivity index (χ3v) is 4.12. The Balaban J connectivity index is 2.14. The maximum atomic E-state index is 13.4.